The second-order valence-electron chi connectivity index (χ2n) is 6.00. The first-order valence-corrected chi connectivity index (χ1v) is 8.51. The second kappa shape index (κ2) is 8.53. The number of piperazine rings is 1. The van der Waals surface area contributed by atoms with E-state index in [9.17, 15) is 0 Å². The van der Waals surface area contributed by atoms with Crippen molar-refractivity contribution in [2.24, 2.45) is 0 Å². The zero-order chi connectivity index (χ0) is 17.5. The zero-order valence-electron chi connectivity index (χ0n) is 14.8. The van der Waals surface area contributed by atoms with Crippen LogP contribution in [-0.4, -0.2) is 68.4 Å². The smallest absolute Gasteiger partial charge is 0.134 e. The molecule has 2 heterocycles. The van der Waals surface area contributed by atoms with Gasteiger partial charge in [-0.25, -0.2) is 9.97 Å². The maximum atomic E-state index is 5.71. The lowest BCUT2D eigenvalue weighted by Gasteiger charge is -2.33. The fourth-order valence-corrected chi connectivity index (χ4v) is 2.67. The standard InChI is InChI=1S/C18H25N5O2/c1-22-8-10-23(11-9-22)18-13-17(20-14-21-18)19-7-12-25-16-5-3-15(24-2)4-6-16/h3-6,13-14H,7-12H2,1-2H3,(H,19,20,21). The highest BCUT2D eigenvalue weighted by Crippen LogP contribution is 2.17. The minimum absolute atomic E-state index is 0.556. The van der Waals surface area contributed by atoms with Crippen LogP contribution in [0.3, 0.4) is 0 Å². The molecule has 0 radical (unpaired) electrons. The van der Waals surface area contributed by atoms with Crippen molar-refractivity contribution in [3.63, 3.8) is 0 Å². The van der Waals surface area contributed by atoms with Crippen molar-refractivity contribution in [3.05, 3.63) is 36.7 Å². The number of hydrogen-bond acceptors (Lipinski definition) is 7. The Morgan fingerprint density at radius 1 is 1.04 bits per heavy atom. The molecule has 134 valence electrons. The molecule has 1 N–H and O–H groups in total. The van der Waals surface area contributed by atoms with E-state index in [0.717, 1.165) is 49.3 Å². The summed E-state index contributed by atoms with van der Waals surface area (Å²) in [7, 11) is 3.80. The summed E-state index contributed by atoms with van der Waals surface area (Å²) in [6.07, 6.45) is 1.61. The Hall–Kier alpha value is -2.54. The minimum Gasteiger partial charge on any atom is -0.497 e. The van der Waals surface area contributed by atoms with Gasteiger partial charge in [0.15, 0.2) is 0 Å². The first kappa shape index (κ1) is 17.3. The number of hydrogen-bond donors (Lipinski definition) is 1. The molecule has 0 atom stereocenters. The molecule has 0 spiro atoms. The average Bonchev–Trinajstić information content (AvgIpc) is 2.66. The first-order chi connectivity index (χ1) is 12.2. The molecule has 1 aromatic carbocycles. The van der Waals surface area contributed by atoms with Crippen molar-refractivity contribution >= 4 is 11.6 Å². The van der Waals surface area contributed by atoms with Crippen molar-refractivity contribution < 1.29 is 9.47 Å². The Kier molecular flexibility index (Phi) is 5.90. The van der Waals surface area contributed by atoms with Crippen LogP contribution >= 0.6 is 0 Å². The molecular weight excluding hydrogens is 318 g/mol. The quantitative estimate of drug-likeness (QED) is 0.768. The number of rotatable bonds is 7. The molecule has 1 aliphatic heterocycles. The lowest BCUT2D eigenvalue weighted by atomic mass is 10.3. The Bertz CT molecular complexity index is 657. The molecular formula is C18H25N5O2. The van der Waals surface area contributed by atoms with Crippen LogP contribution in [0.15, 0.2) is 36.7 Å². The molecule has 1 saturated heterocycles. The number of likely N-dealkylation sites (N-methyl/N-ethyl adjacent to an activating group) is 1. The van der Waals surface area contributed by atoms with Crippen LogP contribution in [0.5, 0.6) is 11.5 Å². The van der Waals surface area contributed by atoms with Gasteiger partial charge in [0.05, 0.1) is 13.7 Å². The summed E-state index contributed by atoms with van der Waals surface area (Å²) in [5, 5.41) is 3.29. The van der Waals surface area contributed by atoms with Crippen LogP contribution in [0.25, 0.3) is 0 Å². The minimum atomic E-state index is 0.556. The lowest BCUT2D eigenvalue weighted by Crippen LogP contribution is -2.44. The molecule has 1 aromatic heterocycles. The normalized spacial score (nSPS) is 15.0. The molecule has 0 saturated carbocycles. The Morgan fingerprint density at radius 2 is 1.76 bits per heavy atom. The monoisotopic (exact) mass is 343 g/mol. The van der Waals surface area contributed by atoms with Crippen LogP contribution in [-0.2, 0) is 0 Å². The van der Waals surface area contributed by atoms with E-state index in [1.165, 1.54) is 0 Å². The van der Waals surface area contributed by atoms with Gasteiger partial charge in [-0.3, -0.25) is 0 Å². The molecule has 3 rings (SSSR count). The van der Waals surface area contributed by atoms with Crippen molar-refractivity contribution in [2.75, 3.05) is 63.7 Å². The lowest BCUT2D eigenvalue weighted by molar-refractivity contribution is 0.312. The van der Waals surface area contributed by atoms with E-state index in [1.807, 2.05) is 30.3 Å². The van der Waals surface area contributed by atoms with Gasteiger partial charge in [-0.1, -0.05) is 0 Å². The Morgan fingerprint density at radius 3 is 2.48 bits per heavy atom. The third-order valence-electron chi connectivity index (χ3n) is 4.22. The summed E-state index contributed by atoms with van der Waals surface area (Å²) in [6.45, 7) is 5.33. The van der Waals surface area contributed by atoms with Gasteiger partial charge < -0.3 is 24.6 Å². The third-order valence-corrected chi connectivity index (χ3v) is 4.22. The van der Waals surface area contributed by atoms with E-state index in [-0.39, 0.29) is 0 Å². The molecule has 7 heteroatoms. The van der Waals surface area contributed by atoms with Crippen molar-refractivity contribution in [1.82, 2.24) is 14.9 Å². The first-order valence-electron chi connectivity index (χ1n) is 8.51. The third kappa shape index (κ3) is 4.96. The van der Waals surface area contributed by atoms with E-state index in [0.29, 0.717) is 13.2 Å². The number of benzene rings is 1. The van der Waals surface area contributed by atoms with Gasteiger partial charge in [0.25, 0.3) is 0 Å². The van der Waals surface area contributed by atoms with Crippen LogP contribution < -0.4 is 19.7 Å². The van der Waals surface area contributed by atoms with Gasteiger partial charge in [0, 0.05) is 32.2 Å². The van der Waals surface area contributed by atoms with Gasteiger partial charge in [-0.05, 0) is 31.3 Å². The number of methoxy groups -OCH3 is 1. The number of nitrogens with zero attached hydrogens (tertiary/aromatic N) is 4. The van der Waals surface area contributed by atoms with E-state index in [2.05, 4.69) is 32.1 Å². The highest BCUT2D eigenvalue weighted by atomic mass is 16.5. The summed E-state index contributed by atoms with van der Waals surface area (Å²) in [5.41, 5.74) is 0. The van der Waals surface area contributed by atoms with Crippen LogP contribution in [0.1, 0.15) is 0 Å². The van der Waals surface area contributed by atoms with Crippen LogP contribution in [0, 0.1) is 0 Å². The molecule has 0 bridgehead atoms. The zero-order valence-corrected chi connectivity index (χ0v) is 14.8. The molecule has 2 aromatic rings. The summed E-state index contributed by atoms with van der Waals surface area (Å²) >= 11 is 0. The fourth-order valence-electron chi connectivity index (χ4n) is 2.67. The van der Waals surface area contributed by atoms with E-state index >= 15 is 0 Å². The highest BCUT2D eigenvalue weighted by molar-refractivity contribution is 5.48. The van der Waals surface area contributed by atoms with Crippen LogP contribution in [0.2, 0.25) is 0 Å². The molecule has 0 aliphatic carbocycles. The van der Waals surface area contributed by atoms with E-state index in [4.69, 9.17) is 9.47 Å². The van der Waals surface area contributed by atoms with Crippen LogP contribution in [0.4, 0.5) is 11.6 Å². The van der Waals surface area contributed by atoms with Crippen molar-refractivity contribution in [2.45, 2.75) is 0 Å². The van der Waals surface area contributed by atoms with E-state index < -0.39 is 0 Å². The van der Waals surface area contributed by atoms with Crippen molar-refractivity contribution in [3.8, 4) is 11.5 Å². The molecule has 1 fully saturated rings. The predicted octanol–water partition coefficient (Wildman–Crippen LogP) is 1.73. The predicted molar refractivity (Wildman–Crippen MR) is 98.7 cm³/mol. The SMILES string of the molecule is COc1ccc(OCCNc2cc(N3CCN(C)CC3)ncn2)cc1. The maximum absolute atomic E-state index is 5.71. The van der Waals surface area contributed by atoms with Gasteiger partial charge >= 0.3 is 0 Å². The van der Waals surface area contributed by atoms with Gasteiger partial charge in [0.1, 0.15) is 36.1 Å². The number of anilines is 2. The number of nitrogens with one attached hydrogen (secondary N) is 1. The maximum Gasteiger partial charge on any atom is 0.134 e. The molecule has 1 aliphatic rings. The molecule has 25 heavy (non-hydrogen) atoms. The number of ether oxygens (including phenoxy) is 2. The largest absolute Gasteiger partial charge is 0.497 e. The van der Waals surface area contributed by atoms with Crippen molar-refractivity contribution in [1.29, 1.82) is 0 Å². The molecule has 0 amide bonds. The van der Waals surface area contributed by atoms with Gasteiger partial charge in [0.2, 0.25) is 0 Å². The van der Waals surface area contributed by atoms with Gasteiger partial charge in [-0.2, -0.15) is 0 Å². The fraction of sp³-hybridized carbons (Fsp3) is 0.444. The topological polar surface area (TPSA) is 62.8 Å². The second-order valence-corrected chi connectivity index (χ2v) is 6.00. The summed E-state index contributed by atoms with van der Waals surface area (Å²) in [6, 6.07) is 9.56. The highest BCUT2D eigenvalue weighted by Gasteiger charge is 2.15. The summed E-state index contributed by atoms with van der Waals surface area (Å²) in [5.74, 6) is 3.44. The Labute approximate surface area is 148 Å². The molecule has 7 nitrogen and oxygen atoms in total. The summed E-state index contributed by atoms with van der Waals surface area (Å²) < 4.78 is 10.8. The van der Waals surface area contributed by atoms with E-state index in [1.54, 1.807) is 13.4 Å². The number of aromatic nitrogens is 2. The Balaban J connectivity index is 1.45. The average molecular weight is 343 g/mol. The van der Waals surface area contributed by atoms with Gasteiger partial charge in [-0.15, -0.1) is 0 Å². The molecule has 0 unspecified atom stereocenters. The summed E-state index contributed by atoms with van der Waals surface area (Å²) in [4.78, 5) is 13.3.